The molecule has 0 heterocycles. The molecule has 0 amide bonds. The van der Waals surface area contributed by atoms with Gasteiger partial charge in [-0.2, -0.15) is 18.2 Å². The van der Waals surface area contributed by atoms with Gasteiger partial charge in [0.1, 0.15) is 0 Å². The van der Waals surface area contributed by atoms with Crippen LogP contribution in [0.1, 0.15) is 66.0 Å². The molecule has 324 valence electrons. The first kappa shape index (κ1) is 52.4. The van der Waals surface area contributed by atoms with E-state index in [1.165, 1.54) is 98.7 Å². The zero-order valence-electron chi connectivity index (χ0n) is 41.0. The number of rotatable bonds is 6. The first-order valence-corrected chi connectivity index (χ1v) is 28.1. The van der Waals surface area contributed by atoms with Gasteiger partial charge in [0.2, 0.25) is 0 Å². The summed E-state index contributed by atoms with van der Waals surface area (Å²) in [5.41, 5.74) is 18.6. The topological polar surface area (TPSA) is 0 Å². The quantitative estimate of drug-likeness (QED) is 0.115. The van der Waals surface area contributed by atoms with Gasteiger partial charge in [-0.15, -0.1) is 144 Å². The molecule has 0 radical (unpaired) electrons. The van der Waals surface area contributed by atoms with E-state index < -0.39 is 0 Å². The van der Waals surface area contributed by atoms with E-state index in [1.807, 2.05) is 0 Å². The summed E-state index contributed by atoms with van der Waals surface area (Å²) in [5.74, 6) is 1.19. The maximum absolute atomic E-state index is 2.52. The average molecular weight is 914 g/mol. The Hall–Kier alpha value is -4.53. The second-order valence-corrected chi connectivity index (χ2v) is 23.3. The van der Waals surface area contributed by atoms with Gasteiger partial charge < -0.3 is 0 Å². The second-order valence-electron chi connectivity index (χ2n) is 18.3. The predicted octanol–water partition coefficient (Wildman–Crippen LogP) is 16.6. The van der Waals surface area contributed by atoms with Gasteiger partial charge in [0.15, 0.2) is 0 Å². The maximum atomic E-state index is 2.52. The van der Waals surface area contributed by atoms with Gasteiger partial charge in [0, 0.05) is 0 Å². The molecule has 4 heteroatoms. The molecule has 0 saturated carbocycles. The molecule has 0 aliphatic rings. The van der Waals surface area contributed by atoms with E-state index in [4.69, 9.17) is 0 Å². The van der Waals surface area contributed by atoms with Gasteiger partial charge in [-0.25, -0.2) is 0 Å². The molecule has 0 spiro atoms. The van der Waals surface area contributed by atoms with Crippen LogP contribution < -0.4 is 0 Å². The predicted molar refractivity (Wildman–Crippen MR) is 303 cm³/mol. The molecule has 0 aliphatic heterocycles. The van der Waals surface area contributed by atoms with Crippen LogP contribution in [0.3, 0.4) is 0 Å². The van der Waals surface area contributed by atoms with Gasteiger partial charge >= 0.3 is 46.1 Å². The Kier molecular flexibility index (Phi) is 19.4. The zero-order valence-corrected chi connectivity index (χ0v) is 45.9. The third-order valence-corrected chi connectivity index (χ3v) is 13.9. The van der Waals surface area contributed by atoms with E-state index in [0.717, 1.165) is 0 Å². The number of benzene rings is 6. The summed E-state index contributed by atoms with van der Waals surface area (Å²) < 4.78 is 0. The number of hydrogen-bond acceptors (Lipinski definition) is 0. The molecule has 0 nitrogen and oxygen atoms in total. The van der Waals surface area contributed by atoms with Gasteiger partial charge in [0.25, 0.3) is 0 Å². The van der Waals surface area contributed by atoms with Crippen molar-refractivity contribution in [1.82, 2.24) is 0 Å². The van der Waals surface area contributed by atoms with Crippen LogP contribution in [0.2, 0.25) is 26.2 Å². The van der Waals surface area contributed by atoms with Gasteiger partial charge in [-0.05, 0) is 39.8 Å². The van der Waals surface area contributed by atoms with Crippen LogP contribution >= 0.6 is 0 Å². The van der Waals surface area contributed by atoms with Crippen molar-refractivity contribution in [3.8, 4) is 22.3 Å². The monoisotopic (exact) mass is 912 g/mol. The minimum Gasteiger partial charge on any atom is -0.165 e. The van der Waals surface area contributed by atoms with Crippen molar-refractivity contribution >= 4 is 117 Å². The molecule has 0 fully saturated rings. The largest absolute Gasteiger partial charge is 2.00 e. The summed E-state index contributed by atoms with van der Waals surface area (Å²) >= 11 is 0. The van der Waals surface area contributed by atoms with Crippen molar-refractivity contribution in [3.05, 3.63) is 215 Å². The van der Waals surface area contributed by atoms with E-state index in [2.05, 4.69) is 261 Å². The van der Waals surface area contributed by atoms with Crippen molar-refractivity contribution in [2.75, 3.05) is 0 Å². The fourth-order valence-corrected chi connectivity index (χ4v) is 11.1. The SMILES string of the molecule is C[Si](C)=Cc1cc2c(-c3ccccc3)cccc2[cH-]1.Cc1cc2c(-c3ccccc3)cccc2[cH-]1.Cc1cc2c(C(C)C)cccc2[cH-]1.Cc1cc2c(C(C)C=[Si](C)C)cccc2[cH-]1.[Mg+2].[Mg+2]. The number of fused-ring (bicyclic) bond motifs is 4. The summed E-state index contributed by atoms with van der Waals surface area (Å²) in [6.07, 6.45) is 0. The first-order chi connectivity index (χ1) is 30.8. The smallest absolute Gasteiger partial charge is 0.165 e. The average Bonchev–Trinajstić information content (AvgIpc) is 4.07. The Morgan fingerprint density at radius 3 is 1.26 bits per heavy atom. The molecule has 0 saturated heterocycles. The van der Waals surface area contributed by atoms with Crippen molar-refractivity contribution < 1.29 is 0 Å². The Bertz CT molecular complexity index is 3160. The molecular weight excluding hydrogens is 849 g/mol. The van der Waals surface area contributed by atoms with Crippen molar-refractivity contribution in [2.24, 2.45) is 0 Å². The van der Waals surface area contributed by atoms with Crippen LogP contribution in [0.5, 0.6) is 0 Å². The second kappa shape index (κ2) is 24.5. The summed E-state index contributed by atoms with van der Waals surface area (Å²) in [4.78, 5) is 0. The Morgan fingerprint density at radius 2 is 0.803 bits per heavy atom. The van der Waals surface area contributed by atoms with Crippen molar-refractivity contribution in [2.45, 2.75) is 79.6 Å². The minimum absolute atomic E-state index is 0. The Labute approximate surface area is 431 Å². The van der Waals surface area contributed by atoms with E-state index in [-0.39, 0.29) is 62.9 Å². The van der Waals surface area contributed by atoms with Crippen LogP contribution in [0.15, 0.2) is 182 Å². The Balaban J connectivity index is 0.000000165. The summed E-state index contributed by atoms with van der Waals surface area (Å²) in [7, 11) is -0.603. The third-order valence-electron chi connectivity index (χ3n) is 11.8. The molecule has 0 aromatic heterocycles. The van der Waals surface area contributed by atoms with Crippen LogP contribution in [0.25, 0.3) is 65.3 Å². The van der Waals surface area contributed by atoms with Crippen LogP contribution in [0.4, 0.5) is 0 Å². The molecule has 1 unspecified atom stereocenters. The molecular formula is C62H64Mg2Si2. The zero-order chi connectivity index (χ0) is 45.3. The van der Waals surface area contributed by atoms with Crippen LogP contribution in [-0.2, 0) is 0 Å². The molecule has 10 aromatic carbocycles. The van der Waals surface area contributed by atoms with Gasteiger partial charge in [-0.1, -0.05) is 187 Å². The Morgan fingerprint density at radius 1 is 0.409 bits per heavy atom. The maximum Gasteiger partial charge on any atom is 2.00 e. The van der Waals surface area contributed by atoms with Crippen molar-refractivity contribution in [3.63, 3.8) is 0 Å². The fourth-order valence-electron chi connectivity index (χ4n) is 9.11. The summed E-state index contributed by atoms with van der Waals surface area (Å²) in [6.45, 7) is 22.6. The van der Waals surface area contributed by atoms with Crippen LogP contribution in [0, 0.1) is 20.8 Å². The molecule has 0 aliphatic carbocycles. The molecule has 10 aromatic rings. The number of aryl methyl sites for hydroxylation is 3. The summed E-state index contributed by atoms with van der Waals surface area (Å²) in [6, 6.07) is 65.7. The molecule has 0 bridgehead atoms. The fraction of sp³-hybridized carbons (Fsp3) is 0.194. The molecule has 66 heavy (non-hydrogen) atoms. The number of hydrogen-bond donors (Lipinski definition) is 0. The molecule has 10 rings (SSSR count). The third kappa shape index (κ3) is 13.3. The first-order valence-electron chi connectivity index (χ1n) is 22.9. The standard InChI is InChI=1S/C18H17Si.C16H13.C15H19Si.C13H15.2Mg/c1-19(2)13-14-11-16-9-6-10-17(18(16)12-14)15-7-4-3-5-8-15;1-12-10-14-8-5-9-15(16(14)11-12)13-6-3-2-4-7-13;1-11-8-13-6-5-7-14(15(13)9-11)12(2)10-16(3)4;1-9(2)12-6-4-5-11-7-10(3)8-13(11)12;;/h3-13H,1-2H3;2-11H,1H3;5-10,12H,1-4H3;4-9H,1-3H3;;/q4*-1;2*+2. The van der Waals surface area contributed by atoms with Crippen molar-refractivity contribution in [1.29, 1.82) is 0 Å². The van der Waals surface area contributed by atoms with Gasteiger partial charge in [-0.3, -0.25) is 0 Å². The van der Waals surface area contributed by atoms with E-state index in [1.54, 1.807) is 0 Å². The van der Waals surface area contributed by atoms with Crippen LogP contribution in [-0.4, -0.2) is 74.3 Å². The van der Waals surface area contributed by atoms with E-state index in [0.29, 0.717) is 11.8 Å². The summed E-state index contributed by atoms with van der Waals surface area (Å²) in [5, 5.41) is 11.0. The minimum atomic E-state index is -0.336. The molecule has 1 atom stereocenters. The van der Waals surface area contributed by atoms with E-state index >= 15 is 0 Å². The molecule has 0 N–H and O–H groups in total. The normalized spacial score (nSPS) is 11.0. The van der Waals surface area contributed by atoms with Gasteiger partial charge in [0.05, 0.1) is 0 Å². The van der Waals surface area contributed by atoms with E-state index in [9.17, 15) is 0 Å².